The van der Waals surface area contributed by atoms with Gasteiger partial charge in [-0.15, -0.1) is 0 Å². The van der Waals surface area contributed by atoms with Gasteiger partial charge in [-0.05, 0) is 44.2 Å². The quantitative estimate of drug-likeness (QED) is 0.923. The first kappa shape index (κ1) is 14.4. The molecule has 1 aliphatic rings. The molecule has 0 radical (unpaired) electrons. The van der Waals surface area contributed by atoms with Gasteiger partial charge < -0.3 is 5.32 Å². The molecule has 2 aromatic rings. The van der Waals surface area contributed by atoms with Gasteiger partial charge in [0.1, 0.15) is 0 Å². The van der Waals surface area contributed by atoms with Crippen molar-refractivity contribution in [2.45, 2.75) is 52.4 Å². The van der Waals surface area contributed by atoms with Gasteiger partial charge in [0, 0.05) is 12.1 Å². The molecule has 2 heterocycles. The fraction of sp³-hybridized carbons (Fsp3) is 0.562. The van der Waals surface area contributed by atoms with E-state index in [0.717, 1.165) is 16.0 Å². The smallest absolute Gasteiger partial charge is 0.226 e. The van der Waals surface area contributed by atoms with E-state index in [1.807, 2.05) is 13.0 Å². The van der Waals surface area contributed by atoms with Crippen LogP contribution in [-0.4, -0.2) is 15.9 Å². The molecule has 1 N–H and O–H groups in total. The molecule has 0 aliphatic heterocycles. The third-order valence-corrected chi connectivity index (χ3v) is 5.22. The Hall–Kier alpha value is -1.49. The molecule has 4 nitrogen and oxygen atoms in total. The Labute approximate surface area is 129 Å². The molecule has 0 spiro atoms. The van der Waals surface area contributed by atoms with Crippen LogP contribution in [0.3, 0.4) is 0 Å². The molecule has 5 heteroatoms. The van der Waals surface area contributed by atoms with Crippen molar-refractivity contribution in [2.24, 2.45) is 5.92 Å². The highest BCUT2D eigenvalue weighted by molar-refractivity contribution is 7.22. The van der Waals surface area contributed by atoms with Crippen LogP contribution in [0.4, 0.5) is 5.13 Å². The van der Waals surface area contributed by atoms with E-state index in [9.17, 15) is 4.79 Å². The Balaban J connectivity index is 1.69. The van der Waals surface area contributed by atoms with Gasteiger partial charge in [0.2, 0.25) is 5.91 Å². The van der Waals surface area contributed by atoms with E-state index in [2.05, 4.69) is 22.2 Å². The molecule has 1 aliphatic carbocycles. The molecular formula is C16H21N3OS. The average molecular weight is 303 g/mol. The number of hydrogen-bond donors (Lipinski definition) is 1. The summed E-state index contributed by atoms with van der Waals surface area (Å²) >= 11 is 1.52. The third-order valence-electron chi connectivity index (χ3n) is 4.12. The number of amides is 1. The van der Waals surface area contributed by atoms with E-state index in [1.54, 1.807) is 0 Å². The maximum atomic E-state index is 12.1. The summed E-state index contributed by atoms with van der Waals surface area (Å²) in [5.74, 6) is 0.644. The van der Waals surface area contributed by atoms with Crippen LogP contribution in [0, 0.1) is 19.8 Å². The van der Waals surface area contributed by atoms with Crippen LogP contribution in [0.1, 0.15) is 49.8 Å². The summed E-state index contributed by atoms with van der Waals surface area (Å²) in [5, 5.41) is 3.63. The lowest BCUT2D eigenvalue weighted by atomic mass is 9.87. The van der Waals surface area contributed by atoms with E-state index in [4.69, 9.17) is 0 Å². The summed E-state index contributed by atoms with van der Waals surface area (Å²) in [7, 11) is 0. The highest BCUT2D eigenvalue weighted by Gasteiger charge is 2.18. The van der Waals surface area contributed by atoms with Crippen molar-refractivity contribution in [2.75, 3.05) is 5.32 Å². The molecule has 0 unspecified atom stereocenters. The molecule has 1 amide bonds. The topological polar surface area (TPSA) is 54.9 Å². The summed E-state index contributed by atoms with van der Waals surface area (Å²) in [5.41, 5.74) is 2.87. The van der Waals surface area contributed by atoms with E-state index >= 15 is 0 Å². The number of nitrogens with one attached hydrogen (secondary N) is 1. The van der Waals surface area contributed by atoms with Crippen LogP contribution < -0.4 is 5.32 Å². The van der Waals surface area contributed by atoms with Gasteiger partial charge in [-0.1, -0.05) is 30.6 Å². The van der Waals surface area contributed by atoms with Crippen molar-refractivity contribution in [3.8, 4) is 0 Å². The summed E-state index contributed by atoms with van der Waals surface area (Å²) in [6.07, 6.45) is 6.85. The number of aromatic nitrogens is 2. The van der Waals surface area contributed by atoms with Gasteiger partial charge in [-0.25, -0.2) is 4.98 Å². The van der Waals surface area contributed by atoms with Crippen molar-refractivity contribution < 1.29 is 4.79 Å². The van der Waals surface area contributed by atoms with Gasteiger partial charge >= 0.3 is 0 Å². The number of anilines is 1. The second-order valence-electron chi connectivity index (χ2n) is 6.01. The van der Waals surface area contributed by atoms with Crippen molar-refractivity contribution in [1.29, 1.82) is 0 Å². The number of aryl methyl sites for hydroxylation is 2. The number of hydrogen-bond acceptors (Lipinski definition) is 4. The van der Waals surface area contributed by atoms with Gasteiger partial charge in [-0.2, -0.15) is 4.98 Å². The van der Waals surface area contributed by atoms with E-state index < -0.39 is 0 Å². The summed E-state index contributed by atoms with van der Waals surface area (Å²) < 4.78 is 1.06. The monoisotopic (exact) mass is 303 g/mol. The standard InChI is InChI=1S/C16H21N3OS/c1-10-8-11(2)17-15-14(10)21-16(19-15)18-13(20)9-12-6-4-3-5-7-12/h8,12H,3-7,9H2,1-2H3,(H,17,18,19,20). The zero-order chi connectivity index (χ0) is 14.8. The lowest BCUT2D eigenvalue weighted by Gasteiger charge is -2.20. The van der Waals surface area contributed by atoms with Gasteiger partial charge in [0.25, 0.3) is 0 Å². The first-order valence-electron chi connectivity index (χ1n) is 7.66. The van der Waals surface area contributed by atoms with E-state index in [0.29, 0.717) is 17.5 Å². The first-order valence-corrected chi connectivity index (χ1v) is 8.48. The maximum Gasteiger partial charge on any atom is 0.226 e. The zero-order valence-electron chi connectivity index (χ0n) is 12.6. The molecule has 21 heavy (non-hydrogen) atoms. The number of rotatable bonds is 3. The van der Waals surface area contributed by atoms with Crippen LogP contribution >= 0.6 is 11.3 Å². The fourth-order valence-electron chi connectivity index (χ4n) is 3.10. The van der Waals surface area contributed by atoms with E-state index in [-0.39, 0.29) is 5.91 Å². The Morgan fingerprint density at radius 3 is 2.81 bits per heavy atom. The minimum absolute atomic E-state index is 0.0929. The minimum Gasteiger partial charge on any atom is -0.302 e. The number of thiazole rings is 1. The van der Waals surface area contributed by atoms with Crippen molar-refractivity contribution in [3.63, 3.8) is 0 Å². The van der Waals surface area contributed by atoms with Crippen LogP contribution in [0.25, 0.3) is 10.3 Å². The molecule has 0 atom stereocenters. The number of fused-ring (bicyclic) bond motifs is 1. The number of carbonyl (C=O) groups excluding carboxylic acids is 1. The first-order chi connectivity index (χ1) is 10.1. The Morgan fingerprint density at radius 2 is 2.05 bits per heavy atom. The third kappa shape index (κ3) is 3.40. The molecular weight excluding hydrogens is 282 g/mol. The molecule has 0 saturated heterocycles. The van der Waals surface area contributed by atoms with Crippen LogP contribution in [0.5, 0.6) is 0 Å². The van der Waals surface area contributed by atoms with Gasteiger partial charge in [0.05, 0.1) is 4.70 Å². The van der Waals surface area contributed by atoms with Crippen molar-refractivity contribution in [1.82, 2.24) is 9.97 Å². The lowest BCUT2D eigenvalue weighted by molar-refractivity contribution is -0.117. The fourth-order valence-corrected chi connectivity index (χ4v) is 3.99. The largest absolute Gasteiger partial charge is 0.302 e. The summed E-state index contributed by atoms with van der Waals surface area (Å²) in [4.78, 5) is 21.0. The summed E-state index contributed by atoms with van der Waals surface area (Å²) in [6, 6.07) is 2.05. The Kier molecular flexibility index (Phi) is 4.19. The Morgan fingerprint density at radius 1 is 1.29 bits per heavy atom. The molecule has 3 rings (SSSR count). The molecule has 1 fully saturated rings. The predicted octanol–water partition coefficient (Wildman–Crippen LogP) is 4.22. The molecule has 1 saturated carbocycles. The maximum absolute atomic E-state index is 12.1. The van der Waals surface area contributed by atoms with Gasteiger partial charge in [-0.3, -0.25) is 4.79 Å². The average Bonchev–Trinajstić information content (AvgIpc) is 2.82. The molecule has 2 aromatic heterocycles. The molecule has 0 bridgehead atoms. The van der Waals surface area contributed by atoms with Crippen molar-refractivity contribution in [3.05, 3.63) is 17.3 Å². The minimum atomic E-state index is 0.0929. The Bertz CT molecular complexity index is 659. The highest BCUT2D eigenvalue weighted by atomic mass is 32.1. The van der Waals surface area contributed by atoms with Crippen LogP contribution in [0.15, 0.2) is 6.07 Å². The summed E-state index contributed by atoms with van der Waals surface area (Å²) in [6.45, 7) is 4.02. The number of nitrogens with zero attached hydrogens (tertiary/aromatic N) is 2. The highest BCUT2D eigenvalue weighted by Crippen LogP contribution is 2.29. The zero-order valence-corrected chi connectivity index (χ0v) is 13.4. The number of carbonyl (C=O) groups is 1. The second-order valence-corrected chi connectivity index (χ2v) is 7.01. The molecule has 112 valence electrons. The molecule has 0 aromatic carbocycles. The normalized spacial score (nSPS) is 16.3. The lowest BCUT2D eigenvalue weighted by Crippen LogP contribution is -2.18. The van der Waals surface area contributed by atoms with Crippen molar-refractivity contribution >= 4 is 32.7 Å². The van der Waals surface area contributed by atoms with Crippen LogP contribution in [-0.2, 0) is 4.79 Å². The van der Waals surface area contributed by atoms with Crippen LogP contribution in [0.2, 0.25) is 0 Å². The number of pyridine rings is 1. The SMILES string of the molecule is Cc1cc(C)c2sc(NC(=O)CC3CCCCC3)nc2n1. The van der Waals surface area contributed by atoms with E-state index in [1.165, 1.54) is 49.0 Å². The van der Waals surface area contributed by atoms with Gasteiger partial charge in [0.15, 0.2) is 10.8 Å². The predicted molar refractivity (Wildman–Crippen MR) is 86.7 cm³/mol. The second kappa shape index (κ2) is 6.10.